The molecule has 1 aromatic carbocycles. The molecule has 2 aromatic heterocycles. The van der Waals surface area contributed by atoms with Crippen molar-refractivity contribution in [2.24, 2.45) is 5.73 Å². The fourth-order valence-electron chi connectivity index (χ4n) is 3.58. The predicted molar refractivity (Wildman–Crippen MR) is 108 cm³/mol. The predicted octanol–water partition coefficient (Wildman–Crippen LogP) is 2.08. The van der Waals surface area contributed by atoms with Gasteiger partial charge in [-0.1, -0.05) is 6.07 Å². The average Bonchev–Trinajstić information content (AvgIpc) is 3.33. The van der Waals surface area contributed by atoms with Crippen molar-refractivity contribution in [2.75, 3.05) is 18.4 Å². The molecule has 0 saturated heterocycles. The lowest BCUT2D eigenvalue weighted by Crippen LogP contribution is -3.14. The Balaban J connectivity index is 1.49. The van der Waals surface area contributed by atoms with E-state index in [-0.39, 0.29) is 11.9 Å². The zero-order valence-electron chi connectivity index (χ0n) is 14.6. The smallest absolute Gasteiger partial charge is 0.279 e. The molecule has 2 atom stereocenters. The van der Waals surface area contributed by atoms with Gasteiger partial charge in [-0.25, -0.2) is 0 Å². The normalized spacial score (nSPS) is 18.7. The average molecular weight is 399 g/mol. The van der Waals surface area contributed by atoms with Crippen molar-refractivity contribution in [1.82, 2.24) is 0 Å². The van der Waals surface area contributed by atoms with E-state index in [2.05, 4.69) is 34.3 Å². The number of primary amides is 1. The highest BCUT2D eigenvalue weighted by atomic mass is 32.1. The summed E-state index contributed by atoms with van der Waals surface area (Å²) in [5.41, 5.74) is 7.70. The Morgan fingerprint density at radius 1 is 1.11 bits per heavy atom. The Morgan fingerprint density at radius 3 is 2.63 bits per heavy atom. The summed E-state index contributed by atoms with van der Waals surface area (Å²) in [5.74, 6) is -0.506. The van der Waals surface area contributed by atoms with Gasteiger partial charge < -0.3 is 16.0 Å². The second-order valence-electron chi connectivity index (χ2n) is 6.57. The number of amides is 2. The number of quaternary nitrogens is 1. The standard InChI is InChI=1S/C20H19N3O2S2/c21-20(25)13-3-5-14(6-4-13)22-18(24)12-23-9-7-16-15(8-11-27-16)19(23)17-2-1-10-26-17/h1-6,8,10-11,19H,7,9,12H2,(H2,21,25)(H,22,24)/p+1/t19-/m0/s1. The molecule has 3 aromatic rings. The van der Waals surface area contributed by atoms with Gasteiger partial charge in [0, 0.05) is 28.1 Å². The van der Waals surface area contributed by atoms with Crippen LogP contribution in [0.25, 0.3) is 0 Å². The van der Waals surface area contributed by atoms with Crippen LogP contribution in [-0.4, -0.2) is 24.9 Å². The number of anilines is 1. The summed E-state index contributed by atoms with van der Waals surface area (Å²) in [6, 6.07) is 13.3. The van der Waals surface area contributed by atoms with Gasteiger partial charge in [0.15, 0.2) is 6.54 Å². The van der Waals surface area contributed by atoms with E-state index in [4.69, 9.17) is 5.73 Å². The van der Waals surface area contributed by atoms with Crippen LogP contribution >= 0.6 is 22.7 Å². The molecule has 1 aliphatic heterocycles. The second kappa shape index (κ2) is 7.64. The number of rotatable bonds is 5. The van der Waals surface area contributed by atoms with E-state index in [1.807, 2.05) is 0 Å². The summed E-state index contributed by atoms with van der Waals surface area (Å²) in [4.78, 5) is 27.8. The highest BCUT2D eigenvalue weighted by Crippen LogP contribution is 2.31. The van der Waals surface area contributed by atoms with Crippen LogP contribution in [0.15, 0.2) is 53.2 Å². The molecule has 0 fully saturated rings. The van der Waals surface area contributed by atoms with E-state index in [0.29, 0.717) is 17.8 Å². The lowest BCUT2D eigenvalue weighted by molar-refractivity contribution is -0.919. The van der Waals surface area contributed by atoms with Crippen LogP contribution in [0.4, 0.5) is 5.69 Å². The monoisotopic (exact) mass is 398 g/mol. The highest BCUT2D eigenvalue weighted by Gasteiger charge is 2.35. The lowest BCUT2D eigenvalue weighted by Gasteiger charge is -2.31. The summed E-state index contributed by atoms with van der Waals surface area (Å²) >= 11 is 3.55. The summed E-state index contributed by atoms with van der Waals surface area (Å²) < 4.78 is 0. The Bertz CT molecular complexity index is 948. The molecule has 0 spiro atoms. The Hall–Kier alpha value is -2.48. The molecule has 4 rings (SSSR count). The quantitative estimate of drug-likeness (QED) is 0.615. The van der Waals surface area contributed by atoms with Gasteiger partial charge in [0.25, 0.3) is 5.91 Å². The third kappa shape index (κ3) is 3.80. The van der Waals surface area contributed by atoms with Crippen LogP contribution in [0, 0.1) is 0 Å². The van der Waals surface area contributed by atoms with Gasteiger partial charge in [-0.15, -0.1) is 22.7 Å². The SMILES string of the molecule is NC(=O)c1ccc(NC(=O)C[NH+]2CCc3sccc3[C@H]2c2cccs2)cc1. The molecular formula is C20H20N3O2S2+. The maximum atomic E-state index is 12.6. The van der Waals surface area contributed by atoms with E-state index in [9.17, 15) is 9.59 Å². The third-order valence-electron chi connectivity index (χ3n) is 4.84. The van der Waals surface area contributed by atoms with Crippen LogP contribution in [0.2, 0.25) is 0 Å². The van der Waals surface area contributed by atoms with Gasteiger partial charge in [0.1, 0.15) is 6.04 Å². The van der Waals surface area contributed by atoms with E-state index < -0.39 is 5.91 Å². The van der Waals surface area contributed by atoms with Crippen molar-refractivity contribution in [3.8, 4) is 0 Å². The summed E-state index contributed by atoms with van der Waals surface area (Å²) in [6.45, 7) is 1.33. The van der Waals surface area contributed by atoms with E-state index in [1.54, 1.807) is 46.9 Å². The zero-order valence-corrected chi connectivity index (χ0v) is 16.2. The minimum atomic E-state index is -0.476. The molecule has 0 saturated carbocycles. The molecule has 1 unspecified atom stereocenters. The van der Waals surface area contributed by atoms with Crippen LogP contribution in [0.5, 0.6) is 0 Å². The van der Waals surface area contributed by atoms with Crippen molar-refractivity contribution in [3.05, 3.63) is 74.1 Å². The largest absolute Gasteiger partial charge is 0.366 e. The number of thiophene rings is 2. The maximum Gasteiger partial charge on any atom is 0.279 e. The first kappa shape index (κ1) is 17.9. The third-order valence-corrected chi connectivity index (χ3v) is 6.77. The lowest BCUT2D eigenvalue weighted by atomic mass is 9.98. The molecule has 5 nitrogen and oxygen atoms in total. The minimum Gasteiger partial charge on any atom is -0.366 e. The van der Waals surface area contributed by atoms with Crippen molar-refractivity contribution in [3.63, 3.8) is 0 Å². The molecule has 138 valence electrons. The van der Waals surface area contributed by atoms with Crippen LogP contribution in [0.3, 0.4) is 0 Å². The van der Waals surface area contributed by atoms with Gasteiger partial charge in [0.05, 0.1) is 11.4 Å². The van der Waals surface area contributed by atoms with Gasteiger partial charge in [0.2, 0.25) is 5.91 Å². The Kier molecular flexibility index (Phi) is 5.07. The second-order valence-corrected chi connectivity index (χ2v) is 8.55. The van der Waals surface area contributed by atoms with Crippen molar-refractivity contribution >= 4 is 40.2 Å². The Labute approximate surface area is 165 Å². The highest BCUT2D eigenvalue weighted by molar-refractivity contribution is 7.10. The first-order valence-electron chi connectivity index (χ1n) is 8.76. The van der Waals surface area contributed by atoms with Crippen LogP contribution < -0.4 is 16.0 Å². The molecule has 1 aliphatic rings. The molecule has 27 heavy (non-hydrogen) atoms. The number of carbonyl (C=O) groups is 2. The molecular weight excluding hydrogens is 378 g/mol. The van der Waals surface area contributed by atoms with Gasteiger partial charge in [-0.05, 0) is 47.2 Å². The number of hydrogen-bond donors (Lipinski definition) is 3. The molecule has 7 heteroatoms. The Morgan fingerprint density at radius 2 is 1.93 bits per heavy atom. The maximum absolute atomic E-state index is 12.6. The summed E-state index contributed by atoms with van der Waals surface area (Å²) in [6.07, 6.45) is 1.00. The number of nitrogens with two attached hydrogens (primary N) is 1. The van der Waals surface area contributed by atoms with Crippen molar-refractivity contribution in [1.29, 1.82) is 0 Å². The minimum absolute atomic E-state index is 0.0305. The molecule has 4 N–H and O–H groups in total. The topological polar surface area (TPSA) is 76.6 Å². The van der Waals surface area contributed by atoms with E-state index in [1.165, 1.54) is 20.2 Å². The van der Waals surface area contributed by atoms with Gasteiger partial charge in [-0.2, -0.15) is 0 Å². The van der Waals surface area contributed by atoms with Crippen molar-refractivity contribution in [2.45, 2.75) is 12.5 Å². The number of nitrogens with one attached hydrogen (secondary N) is 2. The molecule has 2 amide bonds. The number of fused-ring (bicyclic) bond motifs is 1. The molecule has 0 radical (unpaired) electrons. The molecule has 0 aliphatic carbocycles. The molecule has 0 bridgehead atoms. The van der Waals surface area contributed by atoms with Gasteiger partial charge in [-0.3, -0.25) is 9.59 Å². The molecule has 3 heterocycles. The first-order valence-corrected chi connectivity index (χ1v) is 10.5. The van der Waals surface area contributed by atoms with Crippen LogP contribution in [-0.2, 0) is 11.2 Å². The van der Waals surface area contributed by atoms with Crippen LogP contribution in [0.1, 0.15) is 31.7 Å². The van der Waals surface area contributed by atoms with Crippen molar-refractivity contribution < 1.29 is 14.5 Å². The fourth-order valence-corrected chi connectivity index (χ4v) is 5.40. The number of benzene rings is 1. The fraction of sp³-hybridized carbons (Fsp3) is 0.200. The summed E-state index contributed by atoms with van der Waals surface area (Å²) in [7, 11) is 0. The van der Waals surface area contributed by atoms with E-state index >= 15 is 0 Å². The number of carbonyl (C=O) groups excluding carboxylic acids is 2. The number of hydrogen-bond acceptors (Lipinski definition) is 4. The zero-order chi connectivity index (χ0) is 18.8. The van der Waals surface area contributed by atoms with Gasteiger partial charge >= 0.3 is 0 Å². The summed E-state index contributed by atoms with van der Waals surface area (Å²) in [5, 5.41) is 7.17. The first-order chi connectivity index (χ1) is 13.1. The van der Waals surface area contributed by atoms with E-state index in [0.717, 1.165) is 13.0 Å².